The van der Waals surface area contributed by atoms with E-state index in [1.54, 1.807) is 5.01 Å². The van der Waals surface area contributed by atoms with Gasteiger partial charge in [0, 0.05) is 6.54 Å². The Morgan fingerprint density at radius 1 is 0.893 bits per heavy atom. The van der Waals surface area contributed by atoms with Gasteiger partial charge in [-0.25, -0.2) is 5.01 Å². The Hall–Kier alpha value is -3.24. The summed E-state index contributed by atoms with van der Waals surface area (Å²) in [5.41, 5.74) is 4.09. The minimum atomic E-state index is -0.215. The molecule has 3 aromatic rings. The van der Waals surface area contributed by atoms with Crippen molar-refractivity contribution in [3.05, 3.63) is 108 Å². The van der Waals surface area contributed by atoms with Crippen LogP contribution in [0.25, 0.3) is 0 Å². The fraction of sp³-hybridized carbons (Fsp3) is 0.167. The average molecular weight is 369 g/mol. The topological polar surface area (TPSA) is 35.9 Å². The van der Waals surface area contributed by atoms with E-state index in [1.165, 1.54) is 5.56 Å². The zero-order valence-corrected chi connectivity index (χ0v) is 15.9. The normalized spacial score (nSPS) is 17.9. The molecule has 0 N–H and O–H groups in total. The van der Waals surface area contributed by atoms with Crippen LogP contribution in [0.2, 0.25) is 0 Å². The summed E-state index contributed by atoms with van der Waals surface area (Å²) < 4.78 is 0. The van der Waals surface area contributed by atoms with Gasteiger partial charge < -0.3 is 0 Å². The van der Waals surface area contributed by atoms with E-state index in [2.05, 4.69) is 29.2 Å². The van der Waals surface area contributed by atoms with Crippen LogP contribution in [-0.2, 0) is 11.3 Å². The molecule has 0 saturated carbocycles. The third kappa shape index (κ3) is 3.87. The maximum atomic E-state index is 12.9. The highest BCUT2D eigenvalue weighted by molar-refractivity contribution is 5.99. The molecular formula is C24H23N3O. The minimum absolute atomic E-state index is 0.0139. The molecule has 0 bridgehead atoms. The van der Waals surface area contributed by atoms with E-state index in [-0.39, 0.29) is 12.1 Å². The summed E-state index contributed by atoms with van der Waals surface area (Å²) in [6.45, 7) is 2.99. The van der Waals surface area contributed by atoms with Gasteiger partial charge in [0.2, 0.25) is 0 Å². The maximum absolute atomic E-state index is 12.9. The second-order valence-corrected chi connectivity index (χ2v) is 6.96. The highest BCUT2D eigenvalue weighted by Crippen LogP contribution is 2.32. The molecule has 1 atom stereocenters. The average Bonchev–Trinajstić information content (AvgIpc) is 3.04. The van der Waals surface area contributed by atoms with Crippen molar-refractivity contribution in [3.8, 4) is 0 Å². The van der Waals surface area contributed by atoms with Gasteiger partial charge in [-0.1, -0.05) is 91.0 Å². The predicted octanol–water partition coefficient (Wildman–Crippen LogP) is 4.45. The zero-order chi connectivity index (χ0) is 19.3. The van der Waals surface area contributed by atoms with E-state index >= 15 is 0 Å². The van der Waals surface area contributed by atoms with Gasteiger partial charge in [0.1, 0.15) is 6.17 Å². The van der Waals surface area contributed by atoms with Crippen LogP contribution in [0.1, 0.15) is 29.8 Å². The van der Waals surface area contributed by atoms with Crippen molar-refractivity contribution in [3.63, 3.8) is 0 Å². The maximum Gasteiger partial charge on any atom is 0.258 e. The molecule has 1 aliphatic heterocycles. The van der Waals surface area contributed by atoms with Gasteiger partial charge >= 0.3 is 0 Å². The molecule has 0 aromatic heterocycles. The molecule has 0 aliphatic carbocycles. The lowest BCUT2D eigenvalue weighted by molar-refractivity contribution is -0.128. The van der Waals surface area contributed by atoms with Crippen LogP contribution in [0.15, 0.2) is 96.1 Å². The molecule has 1 amide bonds. The quantitative estimate of drug-likeness (QED) is 0.623. The Labute approximate surface area is 165 Å². The Balaban J connectivity index is 1.69. The molecule has 1 fully saturated rings. The summed E-state index contributed by atoms with van der Waals surface area (Å²) in [7, 11) is 0. The molecule has 0 radical (unpaired) electrons. The standard InChI is InChI=1S/C24H23N3O/c1-19(21-13-7-3-8-14-21)25-27-23(28)18-26(17-20-11-5-2-6-12-20)24(27)22-15-9-4-10-16-22/h2-16,24H,17-18H2,1H3/t24-/m0/s1. The molecule has 0 unspecified atom stereocenters. The van der Waals surface area contributed by atoms with E-state index in [4.69, 9.17) is 5.10 Å². The molecule has 1 heterocycles. The fourth-order valence-corrected chi connectivity index (χ4v) is 3.57. The predicted molar refractivity (Wildman–Crippen MR) is 112 cm³/mol. The SMILES string of the molecule is CC(=NN1C(=O)CN(Cc2ccccc2)[C@@H]1c1ccccc1)c1ccccc1. The van der Waals surface area contributed by atoms with Crippen LogP contribution >= 0.6 is 0 Å². The van der Waals surface area contributed by atoms with E-state index < -0.39 is 0 Å². The van der Waals surface area contributed by atoms with Crippen LogP contribution in [0.3, 0.4) is 0 Å². The Morgan fingerprint density at radius 2 is 1.46 bits per heavy atom. The van der Waals surface area contributed by atoms with E-state index in [9.17, 15) is 4.79 Å². The number of benzene rings is 3. The summed E-state index contributed by atoms with van der Waals surface area (Å²) in [6, 6.07) is 30.3. The van der Waals surface area contributed by atoms with Gasteiger partial charge in [0.05, 0.1) is 12.3 Å². The van der Waals surface area contributed by atoms with Crippen LogP contribution in [-0.4, -0.2) is 28.1 Å². The van der Waals surface area contributed by atoms with Crippen LogP contribution in [0.5, 0.6) is 0 Å². The number of nitrogens with zero attached hydrogens (tertiary/aromatic N) is 3. The van der Waals surface area contributed by atoms with Crippen molar-refractivity contribution in [1.82, 2.24) is 9.91 Å². The van der Waals surface area contributed by atoms with Crippen molar-refractivity contribution in [2.24, 2.45) is 5.10 Å². The number of rotatable bonds is 5. The molecule has 4 nitrogen and oxygen atoms in total. The summed E-state index contributed by atoms with van der Waals surface area (Å²) >= 11 is 0. The van der Waals surface area contributed by atoms with Gasteiger partial charge in [-0.2, -0.15) is 5.10 Å². The van der Waals surface area contributed by atoms with Gasteiger partial charge in [-0.05, 0) is 23.6 Å². The van der Waals surface area contributed by atoms with Crippen molar-refractivity contribution < 1.29 is 4.79 Å². The second-order valence-electron chi connectivity index (χ2n) is 6.96. The molecule has 4 heteroatoms. The number of hydrogen-bond acceptors (Lipinski definition) is 3. The second kappa shape index (κ2) is 8.19. The van der Waals surface area contributed by atoms with Crippen molar-refractivity contribution in [2.45, 2.75) is 19.6 Å². The number of carbonyl (C=O) groups excluding carboxylic acids is 1. The Kier molecular flexibility index (Phi) is 5.31. The zero-order valence-electron chi connectivity index (χ0n) is 15.9. The first-order valence-corrected chi connectivity index (χ1v) is 9.48. The highest BCUT2D eigenvalue weighted by atomic mass is 16.2. The molecule has 4 rings (SSSR count). The lowest BCUT2D eigenvalue weighted by atomic mass is 10.1. The van der Waals surface area contributed by atoms with Crippen LogP contribution in [0.4, 0.5) is 0 Å². The van der Waals surface area contributed by atoms with Gasteiger partial charge in [-0.3, -0.25) is 9.69 Å². The highest BCUT2D eigenvalue weighted by Gasteiger charge is 2.39. The number of amides is 1. The largest absolute Gasteiger partial charge is 0.271 e. The first-order valence-electron chi connectivity index (χ1n) is 9.48. The van der Waals surface area contributed by atoms with Crippen molar-refractivity contribution in [1.29, 1.82) is 0 Å². The van der Waals surface area contributed by atoms with E-state index in [1.807, 2.05) is 73.7 Å². The molecule has 28 heavy (non-hydrogen) atoms. The first-order chi connectivity index (χ1) is 13.7. The molecule has 1 aliphatic rings. The third-order valence-corrected chi connectivity index (χ3v) is 4.95. The molecule has 1 saturated heterocycles. The Bertz CT molecular complexity index is 955. The molecule has 140 valence electrons. The minimum Gasteiger partial charge on any atom is -0.271 e. The smallest absolute Gasteiger partial charge is 0.258 e. The molecule has 3 aromatic carbocycles. The van der Waals surface area contributed by atoms with Gasteiger partial charge in [0.25, 0.3) is 5.91 Å². The molecule has 0 spiro atoms. The lowest BCUT2D eigenvalue weighted by Crippen LogP contribution is -2.29. The van der Waals surface area contributed by atoms with Crippen molar-refractivity contribution in [2.75, 3.05) is 6.54 Å². The van der Waals surface area contributed by atoms with Crippen molar-refractivity contribution >= 4 is 11.6 Å². The van der Waals surface area contributed by atoms with Crippen LogP contribution < -0.4 is 0 Å². The third-order valence-electron chi connectivity index (χ3n) is 4.95. The first kappa shape index (κ1) is 18.1. The monoisotopic (exact) mass is 369 g/mol. The fourth-order valence-electron chi connectivity index (χ4n) is 3.57. The van der Waals surface area contributed by atoms with Gasteiger partial charge in [-0.15, -0.1) is 0 Å². The summed E-state index contributed by atoms with van der Waals surface area (Å²) in [5.74, 6) is 0.0139. The number of hydrogen-bond donors (Lipinski definition) is 0. The summed E-state index contributed by atoms with van der Waals surface area (Å²) in [6.07, 6.45) is -0.215. The number of hydrazone groups is 1. The van der Waals surface area contributed by atoms with E-state index in [0.29, 0.717) is 13.1 Å². The summed E-state index contributed by atoms with van der Waals surface area (Å²) in [5, 5.41) is 6.38. The van der Waals surface area contributed by atoms with E-state index in [0.717, 1.165) is 16.8 Å². The van der Waals surface area contributed by atoms with Crippen LogP contribution in [0, 0.1) is 0 Å². The lowest BCUT2D eigenvalue weighted by Gasteiger charge is -2.28. The Morgan fingerprint density at radius 3 is 2.11 bits per heavy atom. The molecular weight excluding hydrogens is 346 g/mol. The van der Waals surface area contributed by atoms with Gasteiger partial charge in [0.15, 0.2) is 0 Å². The number of carbonyl (C=O) groups is 1. The summed E-state index contributed by atoms with van der Waals surface area (Å²) in [4.78, 5) is 15.1.